The maximum atomic E-state index is 9.23. The first-order chi connectivity index (χ1) is 5.49. The van der Waals surface area contributed by atoms with E-state index >= 15 is 0 Å². The van der Waals surface area contributed by atoms with Crippen molar-refractivity contribution in [3.05, 3.63) is 0 Å². The topological polar surface area (TPSA) is 23.5 Å². The third-order valence-corrected chi connectivity index (χ3v) is 2.50. The van der Waals surface area contributed by atoms with E-state index in [-0.39, 0.29) is 6.10 Å². The highest BCUT2D eigenvalue weighted by molar-refractivity contribution is 4.80. The van der Waals surface area contributed by atoms with Gasteiger partial charge in [0, 0.05) is 13.1 Å². The Bertz CT molecular complexity index is 143. The van der Waals surface area contributed by atoms with E-state index < -0.39 is 0 Å². The number of aliphatic hydroxyl groups excluding tert-OH is 1. The fourth-order valence-electron chi connectivity index (χ4n) is 2.07. The van der Waals surface area contributed by atoms with E-state index in [0.29, 0.717) is 5.41 Å². The number of hydrogen-bond acceptors (Lipinski definition) is 2. The fraction of sp³-hybridized carbons (Fsp3) is 1.00. The molecule has 12 heavy (non-hydrogen) atoms. The molecule has 1 aliphatic rings. The van der Waals surface area contributed by atoms with Crippen LogP contribution in [0.5, 0.6) is 0 Å². The van der Waals surface area contributed by atoms with Gasteiger partial charge in [-0.05, 0) is 31.7 Å². The second-order valence-corrected chi connectivity index (χ2v) is 4.85. The number of piperidine rings is 1. The lowest BCUT2D eigenvalue weighted by Gasteiger charge is -2.38. The van der Waals surface area contributed by atoms with Gasteiger partial charge in [-0.1, -0.05) is 13.8 Å². The van der Waals surface area contributed by atoms with Crippen LogP contribution in [0.3, 0.4) is 0 Å². The molecule has 0 bridgehead atoms. The fourth-order valence-corrected chi connectivity index (χ4v) is 2.07. The van der Waals surface area contributed by atoms with Crippen molar-refractivity contribution in [3.8, 4) is 0 Å². The maximum Gasteiger partial charge on any atom is 0.0639 e. The molecule has 1 rings (SSSR count). The van der Waals surface area contributed by atoms with Gasteiger partial charge in [0.15, 0.2) is 0 Å². The molecule has 0 radical (unpaired) electrons. The molecule has 72 valence electrons. The largest absolute Gasteiger partial charge is 0.392 e. The minimum atomic E-state index is -0.182. The summed E-state index contributed by atoms with van der Waals surface area (Å²) in [6.45, 7) is 9.61. The van der Waals surface area contributed by atoms with E-state index in [4.69, 9.17) is 0 Å². The van der Waals surface area contributed by atoms with Gasteiger partial charge in [0.05, 0.1) is 6.10 Å². The summed E-state index contributed by atoms with van der Waals surface area (Å²) in [6.07, 6.45) is 2.42. The average Bonchev–Trinajstić information content (AvgIpc) is 1.82. The van der Waals surface area contributed by atoms with E-state index in [0.717, 1.165) is 19.6 Å². The summed E-state index contributed by atoms with van der Waals surface area (Å²) in [7, 11) is 0. The molecule has 0 aliphatic carbocycles. The van der Waals surface area contributed by atoms with Crippen LogP contribution in [0, 0.1) is 5.41 Å². The van der Waals surface area contributed by atoms with Crippen molar-refractivity contribution in [3.63, 3.8) is 0 Å². The summed E-state index contributed by atoms with van der Waals surface area (Å²) in [6, 6.07) is 0. The smallest absolute Gasteiger partial charge is 0.0639 e. The lowest BCUT2D eigenvalue weighted by molar-refractivity contribution is 0.0676. The summed E-state index contributed by atoms with van der Waals surface area (Å²) in [4.78, 5) is 2.37. The molecular formula is C10H21NO. The Hall–Kier alpha value is -0.0800. The molecule has 1 atom stereocenters. The number of aliphatic hydroxyl groups is 1. The van der Waals surface area contributed by atoms with Gasteiger partial charge in [-0.15, -0.1) is 0 Å². The van der Waals surface area contributed by atoms with Crippen molar-refractivity contribution in [1.29, 1.82) is 0 Å². The molecule has 0 aromatic carbocycles. The highest BCUT2D eigenvalue weighted by Gasteiger charge is 2.26. The summed E-state index contributed by atoms with van der Waals surface area (Å²) < 4.78 is 0. The Morgan fingerprint density at radius 3 is 2.67 bits per heavy atom. The third kappa shape index (κ3) is 3.11. The standard InChI is InChI=1S/C10H21NO/c1-9(12)7-11-6-4-5-10(2,3)8-11/h9,12H,4-8H2,1-3H3/t9-/m1/s1. The zero-order valence-electron chi connectivity index (χ0n) is 8.51. The first-order valence-electron chi connectivity index (χ1n) is 4.90. The molecule has 0 unspecified atom stereocenters. The van der Waals surface area contributed by atoms with E-state index in [1.807, 2.05) is 6.92 Å². The highest BCUT2D eigenvalue weighted by Crippen LogP contribution is 2.28. The molecule has 1 heterocycles. The number of β-amino-alcohol motifs (C(OH)–C–C–N with tert-alkyl or cyclic N) is 1. The molecule has 1 saturated heterocycles. The predicted molar refractivity (Wildman–Crippen MR) is 51.1 cm³/mol. The maximum absolute atomic E-state index is 9.23. The predicted octanol–water partition coefficient (Wildman–Crippen LogP) is 1.49. The van der Waals surface area contributed by atoms with Gasteiger partial charge in [0.25, 0.3) is 0 Å². The lowest BCUT2D eigenvalue weighted by Crippen LogP contribution is -2.43. The molecule has 0 amide bonds. The highest BCUT2D eigenvalue weighted by atomic mass is 16.3. The van der Waals surface area contributed by atoms with Crippen LogP contribution in [0.25, 0.3) is 0 Å². The molecule has 0 aromatic rings. The minimum absolute atomic E-state index is 0.182. The van der Waals surface area contributed by atoms with Crippen molar-refractivity contribution >= 4 is 0 Å². The number of rotatable bonds is 2. The molecule has 0 saturated carbocycles. The van der Waals surface area contributed by atoms with Crippen LogP contribution in [0.15, 0.2) is 0 Å². The molecule has 0 spiro atoms. The van der Waals surface area contributed by atoms with Gasteiger partial charge in [-0.25, -0.2) is 0 Å². The van der Waals surface area contributed by atoms with Crippen LogP contribution in [0.4, 0.5) is 0 Å². The molecule has 0 aromatic heterocycles. The summed E-state index contributed by atoms with van der Waals surface area (Å²) >= 11 is 0. The lowest BCUT2D eigenvalue weighted by atomic mass is 9.84. The summed E-state index contributed by atoms with van der Waals surface area (Å²) in [5.41, 5.74) is 0.452. The molecule has 2 heteroatoms. The van der Waals surface area contributed by atoms with Crippen LogP contribution in [-0.4, -0.2) is 35.7 Å². The van der Waals surface area contributed by atoms with Crippen LogP contribution in [-0.2, 0) is 0 Å². The van der Waals surface area contributed by atoms with E-state index in [9.17, 15) is 5.11 Å². The van der Waals surface area contributed by atoms with Gasteiger partial charge >= 0.3 is 0 Å². The van der Waals surface area contributed by atoms with Crippen LogP contribution >= 0.6 is 0 Å². The Kier molecular flexibility index (Phi) is 3.13. The van der Waals surface area contributed by atoms with Gasteiger partial charge in [0.2, 0.25) is 0 Å². The molecule has 1 fully saturated rings. The summed E-state index contributed by atoms with van der Waals surface area (Å²) in [5, 5.41) is 9.23. The van der Waals surface area contributed by atoms with Crippen molar-refractivity contribution in [2.45, 2.75) is 39.7 Å². The van der Waals surface area contributed by atoms with E-state index in [1.54, 1.807) is 0 Å². The van der Waals surface area contributed by atoms with Gasteiger partial charge < -0.3 is 10.0 Å². The van der Waals surface area contributed by atoms with Crippen LogP contribution in [0.2, 0.25) is 0 Å². The Morgan fingerprint density at radius 2 is 2.17 bits per heavy atom. The van der Waals surface area contributed by atoms with Gasteiger partial charge in [-0.2, -0.15) is 0 Å². The SMILES string of the molecule is C[C@@H](O)CN1CCCC(C)(C)C1. The average molecular weight is 171 g/mol. The Balaban J connectivity index is 2.36. The Morgan fingerprint density at radius 1 is 1.50 bits per heavy atom. The number of likely N-dealkylation sites (tertiary alicyclic amines) is 1. The quantitative estimate of drug-likeness (QED) is 0.680. The zero-order chi connectivity index (χ0) is 9.19. The van der Waals surface area contributed by atoms with E-state index in [1.165, 1.54) is 12.8 Å². The monoisotopic (exact) mass is 171 g/mol. The van der Waals surface area contributed by atoms with Crippen molar-refractivity contribution in [1.82, 2.24) is 4.90 Å². The van der Waals surface area contributed by atoms with Gasteiger partial charge in [-0.3, -0.25) is 0 Å². The normalized spacial score (nSPS) is 27.0. The van der Waals surface area contributed by atoms with E-state index in [2.05, 4.69) is 18.7 Å². The molecule has 1 N–H and O–H groups in total. The summed E-state index contributed by atoms with van der Waals surface area (Å²) in [5.74, 6) is 0. The zero-order valence-corrected chi connectivity index (χ0v) is 8.51. The second kappa shape index (κ2) is 3.75. The second-order valence-electron chi connectivity index (χ2n) is 4.85. The van der Waals surface area contributed by atoms with Crippen LogP contribution in [0.1, 0.15) is 33.6 Å². The number of hydrogen-bond donors (Lipinski definition) is 1. The van der Waals surface area contributed by atoms with Crippen molar-refractivity contribution in [2.75, 3.05) is 19.6 Å². The van der Waals surface area contributed by atoms with Crippen LogP contribution < -0.4 is 0 Å². The number of nitrogens with zero attached hydrogens (tertiary/aromatic N) is 1. The third-order valence-electron chi connectivity index (χ3n) is 2.50. The van der Waals surface area contributed by atoms with Crippen molar-refractivity contribution in [2.24, 2.45) is 5.41 Å². The molecular weight excluding hydrogens is 150 g/mol. The Labute approximate surface area is 75.6 Å². The first kappa shape index (κ1) is 10.0. The van der Waals surface area contributed by atoms with Gasteiger partial charge in [0.1, 0.15) is 0 Å². The first-order valence-corrected chi connectivity index (χ1v) is 4.90. The molecule has 1 aliphatic heterocycles. The minimum Gasteiger partial charge on any atom is -0.392 e. The van der Waals surface area contributed by atoms with Crippen molar-refractivity contribution < 1.29 is 5.11 Å². The molecule has 2 nitrogen and oxygen atoms in total.